The summed E-state index contributed by atoms with van der Waals surface area (Å²) in [6.45, 7) is 3.33. The molecule has 0 bridgehead atoms. The molecule has 1 aliphatic carbocycles. The number of nitrogens with one attached hydrogen (secondary N) is 2. The Kier molecular flexibility index (Phi) is 30.3. The van der Waals surface area contributed by atoms with Crippen LogP contribution in [0.3, 0.4) is 0 Å². The van der Waals surface area contributed by atoms with Gasteiger partial charge in [0.05, 0.1) is 0 Å². The van der Waals surface area contributed by atoms with Crippen LogP contribution in [0.5, 0.6) is 0 Å². The van der Waals surface area contributed by atoms with Gasteiger partial charge in [0, 0.05) is 38.5 Å². The second-order valence-corrected chi connectivity index (χ2v) is 17.2. The SMILES string of the molecule is O=C(N[C@@H]1CC[C@H]1NC(=O)C(F)=CCCCCCCCCCCCCCCOC1CCCCO1)C(F)=CCCCCCCCCCCCCCCOC1CCCCO1. The van der Waals surface area contributed by atoms with Crippen LogP contribution in [0.4, 0.5) is 8.78 Å². The van der Waals surface area contributed by atoms with E-state index in [-0.39, 0.29) is 24.7 Å². The average Bonchev–Trinajstić information content (AvgIpc) is 3.24. The Hall–Kier alpha value is -1.88. The molecule has 3 aliphatic rings. The number of ether oxygens (including phenoxy) is 4. The quantitative estimate of drug-likeness (QED) is 0.0483. The Bertz CT molecular complexity index is 1010. The van der Waals surface area contributed by atoms with E-state index in [4.69, 9.17) is 18.9 Å². The maximum Gasteiger partial charge on any atom is 0.279 e. The Balaban J connectivity index is 1.05. The van der Waals surface area contributed by atoms with Crippen LogP contribution in [0, 0.1) is 0 Å². The van der Waals surface area contributed by atoms with Crippen molar-refractivity contribution < 1.29 is 37.3 Å². The first-order valence-electron chi connectivity index (χ1n) is 24.3. The molecule has 2 N–H and O–H groups in total. The lowest BCUT2D eigenvalue weighted by Crippen LogP contribution is -2.58. The van der Waals surface area contributed by atoms with Crippen molar-refractivity contribution in [1.29, 1.82) is 0 Å². The molecule has 0 spiro atoms. The van der Waals surface area contributed by atoms with E-state index in [2.05, 4.69) is 10.6 Å². The van der Waals surface area contributed by atoms with Crippen molar-refractivity contribution in [3.05, 3.63) is 23.8 Å². The second kappa shape index (κ2) is 34.8. The van der Waals surface area contributed by atoms with E-state index in [1.54, 1.807) is 0 Å². The first-order chi connectivity index (χ1) is 28.5. The second-order valence-electron chi connectivity index (χ2n) is 17.2. The number of hydrogen-bond donors (Lipinski definition) is 2. The fourth-order valence-electron chi connectivity index (χ4n) is 8.11. The minimum atomic E-state index is -0.776. The van der Waals surface area contributed by atoms with Gasteiger partial charge in [-0.2, -0.15) is 0 Å². The summed E-state index contributed by atoms with van der Waals surface area (Å²) in [5, 5.41) is 5.36. The van der Waals surface area contributed by atoms with Crippen molar-refractivity contribution in [2.24, 2.45) is 0 Å². The van der Waals surface area contributed by atoms with Crippen LogP contribution in [-0.4, -0.2) is 62.9 Å². The minimum Gasteiger partial charge on any atom is -0.353 e. The third-order valence-electron chi connectivity index (χ3n) is 12.1. The summed E-state index contributed by atoms with van der Waals surface area (Å²) < 4.78 is 51.8. The van der Waals surface area contributed by atoms with Gasteiger partial charge in [-0.25, -0.2) is 8.78 Å². The molecule has 0 aromatic carbocycles. The van der Waals surface area contributed by atoms with Crippen LogP contribution >= 0.6 is 0 Å². The van der Waals surface area contributed by atoms with E-state index < -0.39 is 23.5 Å². The highest BCUT2D eigenvalue weighted by molar-refractivity contribution is 5.92. The molecule has 336 valence electrons. The summed E-state index contributed by atoms with van der Waals surface area (Å²) in [4.78, 5) is 24.8. The predicted molar refractivity (Wildman–Crippen MR) is 231 cm³/mol. The number of halogens is 2. The summed E-state index contributed by atoms with van der Waals surface area (Å²) in [7, 11) is 0. The van der Waals surface area contributed by atoms with Gasteiger partial charge in [-0.3, -0.25) is 9.59 Å². The number of unbranched alkanes of at least 4 members (excludes halogenated alkanes) is 24. The first-order valence-corrected chi connectivity index (χ1v) is 24.3. The van der Waals surface area contributed by atoms with Crippen molar-refractivity contribution in [2.75, 3.05) is 26.4 Å². The fourth-order valence-corrected chi connectivity index (χ4v) is 8.11. The lowest BCUT2D eigenvalue weighted by Gasteiger charge is -2.37. The van der Waals surface area contributed by atoms with E-state index in [1.807, 2.05) is 0 Å². The fraction of sp³-hybridized carbons (Fsp3) is 0.875. The number of hydrogen-bond acceptors (Lipinski definition) is 6. The molecule has 4 atom stereocenters. The van der Waals surface area contributed by atoms with Crippen molar-refractivity contribution in [1.82, 2.24) is 10.6 Å². The third kappa shape index (κ3) is 25.7. The lowest BCUT2D eigenvalue weighted by molar-refractivity contribution is -0.163. The van der Waals surface area contributed by atoms with Crippen molar-refractivity contribution in [3.8, 4) is 0 Å². The summed E-state index contributed by atoms with van der Waals surface area (Å²) >= 11 is 0. The van der Waals surface area contributed by atoms with E-state index in [9.17, 15) is 18.4 Å². The van der Waals surface area contributed by atoms with E-state index in [0.29, 0.717) is 25.7 Å². The summed E-state index contributed by atoms with van der Waals surface area (Å²) in [5.41, 5.74) is 0. The first kappa shape index (κ1) is 50.5. The molecule has 2 saturated heterocycles. The van der Waals surface area contributed by atoms with Gasteiger partial charge in [-0.15, -0.1) is 0 Å². The van der Waals surface area contributed by atoms with Crippen LogP contribution in [0.1, 0.15) is 218 Å². The normalized spacial score (nSPS) is 21.5. The Morgan fingerprint density at radius 3 is 1.05 bits per heavy atom. The molecule has 2 unspecified atom stereocenters. The van der Waals surface area contributed by atoms with Crippen molar-refractivity contribution >= 4 is 11.8 Å². The number of rotatable bonds is 36. The minimum absolute atomic E-state index is 0.0365. The molecule has 8 nitrogen and oxygen atoms in total. The molecule has 3 fully saturated rings. The van der Waals surface area contributed by atoms with E-state index in [0.717, 1.165) is 103 Å². The number of carbonyl (C=O) groups is 2. The van der Waals surface area contributed by atoms with Gasteiger partial charge in [-0.1, -0.05) is 128 Å². The van der Waals surface area contributed by atoms with E-state index >= 15 is 0 Å². The molecule has 10 heteroatoms. The molecule has 0 radical (unpaired) electrons. The van der Waals surface area contributed by atoms with E-state index in [1.165, 1.54) is 128 Å². The Labute approximate surface area is 352 Å². The van der Waals surface area contributed by atoms with Gasteiger partial charge in [0.2, 0.25) is 0 Å². The van der Waals surface area contributed by atoms with Crippen LogP contribution in [-0.2, 0) is 28.5 Å². The van der Waals surface area contributed by atoms with Gasteiger partial charge >= 0.3 is 0 Å². The van der Waals surface area contributed by atoms with Gasteiger partial charge in [0.25, 0.3) is 11.8 Å². The summed E-state index contributed by atoms with van der Waals surface area (Å²) in [6.07, 6.45) is 40.6. The molecule has 2 heterocycles. The molecule has 2 aliphatic heterocycles. The maximum atomic E-state index is 14.5. The molecule has 2 amide bonds. The smallest absolute Gasteiger partial charge is 0.279 e. The summed E-state index contributed by atoms with van der Waals surface area (Å²) in [6, 6.07) is -0.757. The lowest BCUT2D eigenvalue weighted by atomic mass is 9.86. The zero-order chi connectivity index (χ0) is 41.1. The molecule has 0 aromatic rings. The van der Waals surface area contributed by atoms with Crippen LogP contribution in [0.25, 0.3) is 0 Å². The topological polar surface area (TPSA) is 95.1 Å². The molecule has 0 aromatic heterocycles. The third-order valence-corrected chi connectivity index (χ3v) is 12.1. The number of carbonyl (C=O) groups excluding carboxylic acids is 2. The Morgan fingerprint density at radius 2 is 0.759 bits per heavy atom. The maximum absolute atomic E-state index is 14.5. The molecular formula is C48H84F2N2O6. The molecular weight excluding hydrogens is 739 g/mol. The monoisotopic (exact) mass is 823 g/mol. The summed E-state index contributed by atoms with van der Waals surface area (Å²) in [5.74, 6) is -3.05. The van der Waals surface area contributed by atoms with Gasteiger partial charge in [0.1, 0.15) is 0 Å². The highest BCUT2D eigenvalue weighted by Gasteiger charge is 2.34. The largest absolute Gasteiger partial charge is 0.353 e. The van der Waals surface area contributed by atoms with Gasteiger partial charge in [-0.05, 0) is 102 Å². The average molecular weight is 823 g/mol. The van der Waals surface area contributed by atoms with Gasteiger partial charge in [0.15, 0.2) is 24.2 Å². The van der Waals surface area contributed by atoms with Gasteiger partial charge < -0.3 is 29.6 Å². The Morgan fingerprint density at radius 1 is 0.448 bits per heavy atom. The molecule has 1 saturated carbocycles. The van der Waals surface area contributed by atoms with Crippen LogP contribution in [0.2, 0.25) is 0 Å². The predicted octanol–water partition coefficient (Wildman–Crippen LogP) is 12.7. The number of allylic oxidation sites excluding steroid dienone is 2. The highest BCUT2D eigenvalue weighted by atomic mass is 19.1. The van der Waals surface area contributed by atoms with Crippen molar-refractivity contribution in [3.63, 3.8) is 0 Å². The zero-order valence-corrected chi connectivity index (χ0v) is 36.5. The molecule has 3 rings (SSSR count). The standard InChI is InChI=1S/C48H84F2N2O6/c49-41(31-23-19-15-11-7-3-1-5-9-13-17-21-27-37-55-45-33-25-29-39-57-45)47(53)51-43-35-36-44(43)52-48(54)42(50)32-24-20-16-12-8-4-2-6-10-14-18-22-28-38-56-46-34-26-30-40-58-46/h31-32,43-46H,1-30,33-40H2,(H,51,53)(H,52,54)/t43-,44-,45?,46?/m1/s1. The molecule has 58 heavy (non-hydrogen) atoms. The highest BCUT2D eigenvalue weighted by Crippen LogP contribution is 2.22. The zero-order valence-electron chi connectivity index (χ0n) is 36.5. The van der Waals surface area contributed by atoms with Crippen LogP contribution < -0.4 is 10.6 Å². The van der Waals surface area contributed by atoms with Crippen LogP contribution in [0.15, 0.2) is 23.8 Å². The number of amides is 2. The van der Waals surface area contributed by atoms with Crippen molar-refractivity contribution in [2.45, 2.75) is 243 Å².